The molecule has 0 radical (unpaired) electrons. The van der Waals surface area contributed by atoms with Crippen LogP contribution in [0.5, 0.6) is 0 Å². The Morgan fingerprint density at radius 3 is 2.67 bits per heavy atom. The molecule has 4 heteroatoms. The number of carbonyl (C=O) groups is 1. The number of carboxylic acids is 1. The molecule has 1 aliphatic carbocycles. The molecule has 1 aliphatic rings. The van der Waals surface area contributed by atoms with Crippen molar-refractivity contribution in [3.63, 3.8) is 0 Å². The van der Waals surface area contributed by atoms with Crippen molar-refractivity contribution in [1.29, 1.82) is 0 Å². The van der Waals surface area contributed by atoms with Gasteiger partial charge in [-0.2, -0.15) is 5.10 Å². The largest absolute Gasteiger partial charge is 0.478 e. The molecule has 0 spiro atoms. The summed E-state index contributed by atoms with van der Waals surface area (Å²) in [6, 6.07) is 0.397. The van der Waals surface area contributed by atoms with Gasteiger partial charge >= 0.3 is 5.97 Å². The lowest BCUT2D eigenvalue weighted by atomic mass is 9.87. The van der Waals surface area contributed by atoms with Crippen molar-refractivity contribution in [2.45, 2.75) is 38.6 Å². The monoisotopic (exact) mass is 208 g/mol. The summed E-state index contributed by atoms with van der Waals surface area (Å²) >= 11 is 0. The zero-order valence-corrected chi connectivity index (χ0v) is 8.89. The third-order valence-corrected chi connectivity index (χ3v) is 3.21. The minimum atomic E-state index is -0.898. The first kappa shape index (κ1) is 10.2. The quantitative estimate of drug-likeness (QED) is 0.811. The van der Waals surface area contributed by atoms with Gasteiger partial charge in [0.15, 0.2) is 0 Å². The minimum Gasteiger partial charge on any atom is -0.478 e. The van der Waals surface area contributed by atoms with Gasteiger partial charge in [0, 0.05) is 6.20 Å². The van der Waals surface area contributed by atoms with Crippen LogP contribution in [0.15, 0.2) is 12.4 Å². The Kier molecular flexibility index (Phi) is 2.75. The first-order valence-corrected chi connectivity index (χ1v) is 5.44. The Bertz CT molecular complexity index is 351. The molecular weight excluding hydrogens is 192 g/mol. The normalized spacial score (nSPS) is 26.5. The Morgan fingerprint density at radius 1 is 1.47 bits per heavy atom. The van der Waals surface area contributed by atoms with Crippen LogP contribution in [-0.2, 0) is 0 Å². The van der Waals surface area contributed by atoms with Crippen LogP contribution < -0.4 is 0 Å². The number of aromatic carboxylic acids is 1. The maximum atomic E-state index is 10.7. The molecule has 1 aromatic rings. The third kappa shape index (κ3) is 2.19. The first-order chi connectivity index (χ1) is 7.16. The van der Waals surface area contributed by atoms with Gasteiger partial charge in [-0.15, -0.1) is 0 Å². The van der Waals surface area contributed by atoms with Gasteiger partial charge in [-0.1, -0.05) is 6.92 Å². The number of hydrogen-bond donors (Lipinski definition) is 1. The van der Waals surface area contributed by atoms with E-state index in [1.54, 1.807) is 6.20 Å². The SMILES string of the molecule is CC1CCC(n2cc(C(=O)O)cn2)CC1. The van der Waals surface area contributed by atoms with E-state index in [0.29, 0.717) is 6.04 Å². The van der Waals surface area contributed by atoms with Gasteiger partial charge in [0.05, 0.1) is 17.8 Å². The molecule has 0 atom stereocenters. The van der Waals surface area contributed by atoms with E-state index in [4.69, 9.17) is 5.11 Å². The van der Waals surface area contributed by atoms with Crippen LogP contribution >= 0.6 is 0 Å². The smallest absolute Gasteiger partial charge is 0.338 e. The summed E-state index contributed by atoms with van der Waals surface area (Å²) in [4.78, 5) is 10.7. The standard InChI is InChI=1S/C11H16N2O2/c1-8-2-4-10(5-3-8)13-7-9(6-12-13)11(14)15/h6-8,10H,2-5H2,1H3,(H,14,15). The van der Waals surface area contributed by atoms with Crippen molar-refractivity contribution in [2.75, 3.05) is 0 Å². The fraction of sp³-hybridized carbons (Fsp3) is 0.636. The molecule has 1 heterocycles. The molecule has 2 rings (SSSR count). The highest BCUT2D eigenvalue weighted by Crippen LogP contribution is 2.31. The second-order valence-electron chi connectivity index (χ2n) is 4.43. The van der Waals surface area contributed by atoms with Gasteiger partial charge in [-0.25, -0.2) is 4.79 Å². The molecule has 0 amide bonds. The maximum absolute atomic E-state index is 10.7. The van der Waals surface area contributed by atoms with Gasteiger partial charge in [0.1, 0.15) is 0 Å². The molecule has 0 unspecified atom stereocenters. The van der Waals surface area contributed by atoms with Gasteiger partial charge in [-0.3, -0.25) is 4.68 Å². The highest BCUT2D eigenvalue weighted by Gasteiger charge is 2.20. The lowest BCUT2D eigenvalue weighted by molar-refractivity contribution is 0.0696. The second-order valence-corrected chi connectivity index (χ2v) is 4.43. The van der Waals surface area contributed by atoms with Crippen LogP contribution in [0.25, 0.3) is 0 Å². The van der Waals surface area contributed by atoms with Crippen LogP contribution in [0.4, 0.5) is 0 Å². The van der Waals surface area contributed by atoms with E-state index in [0.717, 1.165) is 18.8 Å². The Balaban J connectivity index is 2.06. The van der Waals surface area contributed by atoms with Crippen LogP contribution in [0.2, 0.25) is 0 Å². The van der Waals surface area contributed by atoms with Crippen LogP contribution in [0, 0.1) is 5.92 Å². The number of aromatic nitrogens is 2. The summed E-state index contributed by atoms with van der Waals surface area (Å²) in [7, 11) is 0. The molecular formula is C11H16N2O2. The predicted octanol–water partition coefficient (Wildman–Crippen LogP) is 2.33. The van der Waals surface area contributed by atoms with E-state index >= 15 is 0 Å². The van der Waals surface area contributed by atoms with Crippen molar-refractivity contribution in [3.8, 4) is 0 Å². The number of hydrogen-bond acceptors (Lipinski definition) is 2. The molecule has 82 valence electrons. The van der Waals surface area contributed by atoms with Crippen LogP contribution in [0.3, 0.4) is 0 Å². The lowest BCUT2D eigenvalue weighted by Gasteiger charge is -2.26. The summed E-state index contributed by atoms with van der Waals surface area (Å²) in [5, 5.41) is 12.9. The Labute approximate surface area is 88.9 Å². The van der Waals surface area contributed by atoms with Crippen LogP contribution in [-0.4, -0.2) is 20.9 Å². The maximum Gasteiger partial charge on any atom is 0.338 e. The van der Waals surface area contributed by atoms with Crippen molar-refractivity contribution >= 4 is 5.97 Å². The van der Waals surface area contributed by atoms with Crippen molar-refractivity contribution in [2.24, 2.45) is 5.92 Å². The molecule has 0 saturated heterocycles. The molecule has 1 aromatic heterocycles. The molecule has 1 saturated carbocycles. The highest BCUT2D eigenvalue weighted by atomic mass is 16.4. The number of nitrogens with zero attached hydrogens (tertiary/aromatic N) is 2. The predicted molar refractivity (Wildman–Crippen MR) is 55.9 cm³/mol. The second kappa shape index (κ2) is 4.04. The number of carboxylic acid groups (broad SMARTS) is 1. The lowest BCUT2D eigenvalue weighted by Crippen LogP contribution is -2.17. The van der Waals surface area contributed by atoms with E-state index in [1.807, 2.05) is 4.68 Å². The summed E-state index contributed by atoms with van der Waals surface area (Å²) in [6.07, 6.45) is 7.73. The summed E-state index contributed by atoms with van der Waals surface area (Å²) in [6.45, 7) is 2.27. The van der Waals surface area contributed by atoms with E-state index in [1.165, 1.54) is 19.0 Å². The number of rotatable bonds is 2. The first-order valence-electron chi connectivity index (χ1n) is 5.44. The van der Waals surface area contributed by atoms with Crippen molar-refractivity contribution in [1.82, 2.24) is 9.78 Å². The molecule has 0 aliphatic heterocycles. The topological polar surface area (TPSA) is 55.1 Å². The van der Waals surface area contributed by atoms with Crippen molar-refractivity contribution in [3.05, 3.63) is 18.0 Å². The molecule has 0 bridgehead atoms. The fourth-order valence-electron chi connectivity index (χ4n) is 2.16. The van der Waals surface area contributed by atoms with E-state index in [9.17, 15) is 4.79 Å². The van der Waals surface area contributed by atoms with E-state index < -0.39 is 5.97 Å². The van der Waals surface area contributed by atoms with Crippen LogP contribution in [0.1, 0.15) is 49.0 Å². The van der Waals surface area contributed by atoms with Gasteiger partial charge in [0.2, 0.25) is 0 Å². The Morgan fingerprint density at radius 2 is 2.13 bits per heavy atom. The molecule has 1 fully saturated rings. The fourth-order valence-corrected chi connectivity index (χ4v) is 2.16. The van der Waals surface area contributed by atoms with E-state index in [2.05, 4.69) is 12.0 Å². The summed E-state index contributed by atoms with van der Waals surface area (Å²) in [5.41, 5.74) is 0.286. The molecule has 1 N–H and O–H groups in total. The third-order valence-electron chi connectivity index (χ3n) is 3.21. The average molecular weight is 208 g/mol. The highest BCUT2D eigenvalue weighted by molar-refractivity contribution is 5.86. The Hall–Kier alpha value is -1.32. The minimum absolute atomic E-state index is 0.286. The summed E-state index contributed by atoms with van der Waals surface area (Å²) in [5.74, 6) is -0.0961. The van der Waals surface area contributed by atoms with Crippen molar-refractivity contribution < 1.29 is 9.90 Å². The molecule has 0 aromatic carbocycles. The zero-order valence-electron chi connectivity index (χ0n) is 8.89. The van der Waals surface area contributed by atoms with E-state index in [-0.39, 0.29) is 5.56 Å². The molecule has 4 nitrogen and oxygen atoms in total. The van der Waals surface area contributed by atoms with Gasteiger partial charge in [0.25, 0.3) is 0 Å². The summed E-state index contributed by atoms with van der Waals surface area (Å²) < 4.78 is 1.81. The molecule has 15 heavy (non-hydrogen) atoms. The zero-order chi connectivity index (χ0) is 10.8. The average Bonchev–Trinajstić information content (AvgIpc) is 2.68. The van der Waals surface area contributed by atoms with Gasteiger partial charge < -0.3 is 5.11 Å². The van der Waals surface area contributed by atoms with Gasteiger partial charge in [-0.05, 0) is 31.6 Å².